The van der Waals surface area contributed by atoms with Crippen molar-refractivity contribution in [1.29, 1.82) is 0 Å². The molecule has 0 bridgehead atoms. The summed E-state index contributed by atoms with van der Waals surface area (Å²) in [5, 5.41) is 15.3. The summed E-state index contributed by atoms with van der Waals surface area (Å²) >= 11 is 1.49. The van der Waals surface area contributed by atoms with Gasteiger partial charge in [-0.05, 0) is 71.4 Å². The molecule has 3 aromatic carbocycles. The van der Waals surface area contributed by atoms with Crippen molar-refractivity contribution >= 4 is 21.4 Å². The number of halogens is 4. The molecule has 6 rings (SSSR count). The average molecular weight is 536 g/mol. The number of fused-ring (bicyclic) bond motifs is 2. The van der Waals surface area contributed by atoms with E-state index in [1.807, 2.05) is 17.5 Å². The molecule has 0 unspecified atom stereocenters. The maximum absolute atomic E-state index is 14.2. The van der Waals surface area contributed by atoms with Crippen molar-refractivity contribution < 1.29 is 22.3 Å². The Balaban J connectivity index is 1.36. The molecule has 0 spiro atoms. The van der Waals surface area contributed by atoms with Crippen molar-refractivity contribution in [2.75, 3.05) is 6.54 Å². The Morgan fingerprint density at radius 1 is 0.921 bits per heavy atom. The summed E-state index contributed by atoms with van der Waals surface area (Å²) in [6.07, 6.45) is -3.51. The van der Waals surface area contributed by atoms with Gasteiger partial charge in [-0.2, -0.15) is 13.2 Å². The van der Waals surface area contributed by atoms with Gasteiger partial charge in [0.15, 0.2) is 0 Å². The highest BCUT2D eigenvalue weighted by Gasteiger charge is 2.30. The Morgan fingerprint density at radius 3 is 2.66 bits per heavy atom. The molecule has 5 aromatic rings. The minimum absolute atomic E-state index is 0.163. The first-order valence-corrected chi connectivity index (χ1v) is 12.9. The first-order valence-electron chi connectivity index (χ1n) is 12.0. The predicted molar refractivity (Wildman–Crippen MR) is 139 cm³/mol. The molecule has 2 aromatic heterocycles. The SMILES string of the molecule is Fc1ccc(-c2nnc(-c3ccc4c(c3)CCNC4)c3ccsc23)c(OCc2cccc(C(F)(F)F)c2)c1. The zero-order valence-corrected chi connectivity index (χ0v) is 20.8. The lowest BCUT2D eigenvalue weighted by Gasteiger charge is -2.18. The van der Waals surface area contributed by atoms with E-state index in [4.69, 9.17) is 4.74 Å². The molecule has 1 aliphatic rings. The van der Waals surface area contributed by atoms with Gasteiger partial charge in [-0.25, -0.2) is 4.39 Å². The van der Waals surface area contributed by atoms with Crippen LogP contribution in [0.4, 0.5) is 17.6 Å². The molecule has 0 saturated heterocycles. The van der Waals surface area contributed by atoms with Crippen molar-refractivity contribution in [2.24, 2.45) is 0 Å². The fraction of sp³-hybridized carbons (Fsp3) is 0.172. The summed E-state index contributed by atoms with van der Waals surface area (Å²) in [5.41, 5.74) is 4.91. The third kappa shape index (κ3) is 4.75. The summed E-state index contributed by atoms with van der Waals surface area (Å²) in [5.74, 6) is -0.344. The van der Waals surface area contributed by atoms with Crippen LogP contribution < -0.4 is 10.1 Å². The second kappa shape index (κ2) is 9.81. The molecule has 0 atom stereocenters. The lowest BCUT2D eigenvalue weighted by atomic mass is 9.96. The van der Waals surface area contributed by atoms with Gasteiger partial charge < -0.3 is 10.1 Å². The zero-order chi connectivity index (χ0) is 26.3. The quantitative estimate of drug-likeness (QED) is 0.238. The third-order valence-electron chi connectivity index (χ3n) is 6.60. The van der Waals surface area contributed by atoms with Crippen molar-refractivity contribution in [1.82, 2.24) is 15.5 Å². The number of thiophene rings is 1. The number of rotatable bonds is 5. The molecule has 4 nitrogen and oxygen atoms in total. The highest BCUT2D eigenvalue weighted by atomic mass is 32.1. The lowest BCUT2D eigenvalue weighted by Crippen LogP contribution is -2.23. The highest BCUT2D eigenvalue weighted by Crippen LogP contribution is 2.40. The van der Waals surface area contributed by atoms with Crippen LogP contribution in [0.5, 0.6) is 5.75 Å². The van der Waals surface area contributed by atoms with Crippen molar-refractivity contribution in [3.8, 4) is 28.3 Å². The zero-order valence-electron chi connectivity index (χ0n) is 20.0. The van der Waals surface area contributed by atoms with Gasteiger partial charge >= 0.3 is 6.18 Å². The molecule has 0 aliphatic carbocycles. The molecule has 9 heteroatoms. The number of ether oxygens (including phenoxy) is 1. The van der Waals surface area contributed by atoms with E-state index in [1.165, 1.54) is 46.7 Å². The molecule has 38 heavy (non-hydrogen) atoms. The van der Waals surface area contributed by atoms with Crippen LogP contribution >= 0.6 is 11.3 Å². The Labute approximate surface area is 219 Å². The lowest BCUT2D eigenvalue weighted by molar-refractivity contribution is -0.137. The second-order valence-electron chi connectivity index (χ2n) is 9.10. The molecule has 1 aliphatic heterocycles. The summed E-state index contributed by atoms with van der Waals surface area (Å²) in [6, 6.07) is 17.3. The number of hydrogen-bond donors (Lipinski definition) is 1. The first-order chi connectivity index (χ1) is 18.4. The Hall–Kier alpha value is -3.82. The van der Waals surface area contributed by atoms with E-state index in [2.05, 4.69) is 27.6 Å². The van der Waals surface area contributed by atoms with Gasteiger partial charge in [-0.1, -0.05) is 24.3 Å². The second-order valence-corrected chi connectivity index (χ2v) is 10.0. The van der Waals surface area contributed by atoms with Gasteiger partial charge in [0.05, 0.1) is 10.3 Å². The summed E-state index contributed by atoms with van der Waals surface area (Å²) < 4.78 is 60.3. The van der Waals surface area contributed by atoms with Gasteiger partial charge in [0, 0.05) is 29.1 Å². The van der Waals surface area contributed by atoms with Crippen LogP contribution in [-0.2, 0) is 25.7 Å². The van der Waals surface area contributed by atoms with E-state index < -0.39 is 17.6 Å². The van der Waals surface area contributed by atoms with Crippen LogP contribution in [0.1, 0.15) is 22.3 Å². The molecular formula is C29H21F4N3OS. The molecular weight excluding hydrogens is 514 g/mol. The van der Waals surface area contributed by atoms with Crippen LogP contribution in [0, 0.1) is 5.82 Å². The number of aromatic nitrogens is 2. The predicted octanol–water partition coefficient (Wildman–Crippen LogP) is 7.41. The number of nitrogens with zero attached hydrogens (tertiary/aromatic N) is 2. The minimum Gasteiger partial charge on any atom is -0.488 e. The van der Waals surface area contributed by atoms with Crippen molar-refractivity contribution in [2.45, 2.75) is 25.7 Å². The molecule has 0 saturated carbocycles. The topological polar surface area (TPSA) is 47.0 Å². The summed E-state index contributed by atoms with van der Waals surface area (Å²) in [7, 11) is 0. The van der Waals surface area contributed by atoms with Gasteiger partial charge in [-0.3, -0.25) is 0 Å². The van der Waals surface area contributed by atoms with Crippen LogP contribution in [0.15, 0.2) is 72.1 Å². The normalized spacial score (nSPS) is 13.5. The summed E-state index contributed by atoms with van der Waals surface area (Å²) in [6.45, 7) is 1.62. The fourth-order valence-corrected chi connectivity index (χ4v) is 5.60. The molecule has 3 heterocycles. The Kier molecular flexibility index (Phi) is 6.33. The Bertz CT molecular complexity index is 1650. The fourth-order valence-electron chi connectivity index (χ4n) is 4.70. The largest absolute Gasteiger partial charge is 0.488 e. The van der Waals surface area contributed by atoms with E-state index >= 15 is 0 Å². The first kappa shape index (κ1) is 24.5. The minimum atomic E-state index is -4.46. The van der Waals surface area contributed by atoms with Crippen LogP contribution in [0.25, 0.3) is 32.6 Å². The van der Waals surface area contributed by atoms with Crippen molar-refractivity contribution in [3.63, 3.8) is 0 Å². The molecule has 192 valence electrons. The van der Waals surface area contributed by atoms with Gasteiger partial charge in [0.25, 0.3) is 0 Å². The number of nitrogens with one attached hydrogen (secondary N) is 1. The number of alkyl halides is 3. The molecule has 0 fully saturated rings. The van der Waals surface area contributed by atoms with Gasteiger partial charge in [0.1, 0.15) is 29.6 Å². The van der Waals surface area contributed by atoms with E-state index in [0.717, 1.165) is 53.0 Å². The van der Waals surface area contributed by atoms with Crippen molar-refractivity contribution in [3.05, 3.63) is 100 Å². The van der Waals surface area contributed by atoms with E-state index in [1.54, 1.807) is 6.07 Å². The Morgan fingerprint density at radius 2 is 1.79 bits per heavy atom. The monoisotopic (exact) mass is 535 g/mol. The maximum atomic E-state index is 14.2. The van der Waals surface area contributed by atoms with Crippen LogP contribution in [0.3, 0.4) is 0 Å². The van der Waals surface area contributed by atoms with E-state index in [9.17, 15) is 17.6 Å². The summed E-state index contributed by atoms with van der Waals surface area (Å²) in [4.78, 5) is 0. The smallest absolute Gasteiger partial charge is 0.416 e. The molecule has 1 N–H and O–H groups in total. The third-order valence-corrected chi connectivity index (χ3v) is 7.52. The van der Waals surface area contributed by atoms with Gasteiger partial charge in [0.2, 0.25) is 0 Å². The standard InChI is InChI=1S/C29H21F4N3OS/c30-22-6-7-23(25(14-22)37-16-17-2-1-3-21(12-17)29(31,32)33)27-28-24(9-11-38-28)26(35-36-27)19-4-5-20-15-34-10-8-18(20)13-19/h1-7,9,11-14,34H,8,10,15-16H2. The number of hydrogen-bond acceptors (Lipinski definition) is 5. The van der Waals surface area contributed by atoms with Crippen LogP contribution in [-0.4, -0.2) is 16.7 Å². The van der Waals surface area contributed by atoms with E-state index in [-0.39, 0.29) is 12.4 Å². The number of benzene rings is 3. The average Bonchev–Trinajstić information content (AvgIpc) is 3.41. The molecule has 0 amide bonds. The van der Waals surface area contributed by atoms with Gasteiger partial charge in [-0.15, -0.1) is 21.5 Å². The maximum Gasteiger partial charge on any atom is 0.416 e. The highest BCUT2D eigenvalue weighted by molar-refractivity contribution is 7.17. The van der Waals surface area contributed by atoms with E-state index in [0.29, 0.717) is 16.8 Å². The van der Waals surface area contributed by atoms with Crippen LogP contribution in [0.2, 0.25) is 0 Å². The molecule has 0 radical (unpaired) electrons.